The van der Waals surface area contributed by atoms with E-state index in [2.05, 4.69) is 21.2 Å². The molecule has 5 heteroatoms. The topological polar surface area (TPSA) is 55.1 Å². The highest BCUT2D eigenvalue weighted by Crippen LogP contribution is 2.20. The second-order valence-corrected chi connectivity index (χ2v) is 5.86. The Hall–Kier alpha value is -1.88. The summed E-state index contributed by atoms with van der Waals surface area (Å²) in [6, 6.07) is 10.2. The van der Waals surface area contributed by atoms with Gasteiger partial charge in [0.15, 0.2) is 0 Å². The predicted molar refractivity (Wildman–Crippen MR) is 85.6 cm³/mol. The number of hydrogen-bond acceptors (Lipinski definition) is 2. The van der Waals surface area contributed by atoms with Crippen molar-refractivity contribution >= 4 is 27.5 Å². The number of benzene rings is 2. The number of hydrogen-bond donors (Lipinski definition) is 2. The lowest BCUT2D eigenvalue weighted by Gasteiger charge is -2.15. The summed E-state index contributed by atoms with van der Waals surface area (Å²) in [6.45, 7) is 3.43. The Bertz CT molecular complexity index is 671. The van der Waals surface area contributed by atoms with Gasteiger partial charge in [-0.3, -0.25) is 4.79 Å². The summed E-state index contributed by atoms with van der Waals surface area (Å²) in [5, 5.41) is 2.78. The summed E-state index contributed by atoms with van der Waals surface area (Å²) in [5.41, 5.74) is 7.31. The van der Waals surface area contributed by atoms with E-state index in [-0.39, 0.29) is 11.6 Å². The molecular formula is C16H16BrFN2O. The molecule has 0 aromatic heterocycles. The highest BCUT2D eigenvalue weighted by Gasteiger charge is 2.17. The Labute approximate surface area is 131 Å². The van der Waals surface area contributed by atoms with Gasteiger partial charge in [0.25, 0.3) is 5.91 Å². The number of halogens is 2. The van der Waals surface area contributed by atoms with Crippen molar-refractivity contribution in [1.29, 1.82) is 0 Å². The number of aryl methyl sites for hydroxylation is 1. The van der Waals surface area contributed by atoms with Gasteiger partial charge in [0.1, 0.15) is 5.82 Å². The van der Waals surface area contributed by atoms with Crippen LogP contribution in [0.4, 0.5) is 10.1 Å². The number of rotatable bonds is 3. The summed E-state index contributed by atoms with van der Waals surface area (Å²) in [7, 11) is 0. The zero-order valence-electron chi connectivity index (χ0n) is 11.8. The Morgan fingerprint density at radius 3 is 2.52 bits per heavy atom. The largest absolute Gasteiger partial charge is 0.399 e. The van der Waals surface area contributed by atoms with Crippen molar-refractivity contribution in [3.8, 4) is 0 Å². The Balaban J connectivity index is 2.20. The number of anilines is 1. The highest BCUT2D eigenvalue weighted by molar-refractivity contribution is 9.10. The van der Waals surface area contributed by atoms with E-state index in [0.29, 0.717) is 11.3 Å². The molecule has 0 saturated carbocycles. The second kappa shape index (κ2) is 6.26. The standard InChI is InChI=1S/C16H16BrFN2O/c1-9-7-13(19)8-14(15(9)18)16(21)20-10(2)11-3-5-12(17)6-4-11/h3-8,10H,19H2,1-2H3,(H,20,21)/t10-/m1/s1. The van der Waals surface area contributed by atoms with Crippen LogP contribution in [0.1, 0.15) is 34.5 Å². The van der Waals surface area contributed by atoms with Gasteiger partial charge in [-0.1, -0.05) is 28.1 Å². The van der Waals surface area contributed by atoms with E-state index >= 15 is 0 Å². The van der Waals surface area contributed by atoms with Gasteiger partial charge in [0, 0.05) is 10.2 Å². The Morgan fingerprint density at radius 2 is 1.90 bits per heavy atom. The van der Waals surface area contributed by atoms with E-state index in [9.17, 15) is 9.18 Å². The van der Waals surface area contributed by atoms with Gasteiger partial charge >= 0.3 is 0 Å². The fourth-order valence-electron chi connectivity index (χ4n) is 2.07. The molecule has 0 spiro atoms. The van der Waals surface area contributed by atoms with Gasteiger partial charge < -0.3 is 11.1 Å². The highest BCUT2D eigenvalue weighted by atomic mass is 79.9. The van der Waals surface area contributed by atoms with Gasteiger partial charge in [-0.15, -0.1) is 0 Å². The summed E-state index contributed by atoms with van der Waals surface area (Å²) >= 11 is 3.36. The fraction of sp³-hybridized carbons (Fsp3) is 0.188. The molecule has 0 fully saturated rings. The molecule has 0 bridgehead atoms. The van der Waals surface area contributed by atoms with Crippen molar-refractivity contribution in [1.82, 2.24) is 5.32 Å². The smallest absolute Gasteiger partial charge is 0.254 e. The first-order valence-corrected chi connectivity index (χ1v) is 7.29. The third-order valence-electron chi connectivity index (χ3n) is 3.24. The number of carbonyl (C=O) groups is 1. The maximum absolute atomic E-state index is 14.0. The lowest BCUT2D eigenvalue weighted by Crippen LogP contribution is -2.27. The zero-order valence-corrected chi connectivity index (χ0v) is 13.4. The number of amides is 1. The molecule has 2 aromatic rings. The molecule has 3 nitrogen and oxygen atoms in total. The molecular weight excluding hydrogens is 335 g/mol. The molecule has 0 saturated heterocycles. The van der Waals surface area contributed by atoms with Crippen molar-refractivity contribution in [2.75, 3.05) is 5.73 Å². The minimum absolute atomic E-state index is 0.0311. The molecule has 0 aliphatic heterocycles. The van der Waals surface area contributed by atoms with Gasteiger partial charge in [-0.25, -0.2) is 4.39 Å². The van der Waals surface area contributed by atoms with Crippen LogP contribution in [0.5, 0.6) is 0 Å². The summed E-state index contributed by atoms with van der Waals surface area (Å²) in [5.74, 6) is -1.01. The third-order valence-corrected chi connectivity index (χ3v) is 3.77. The first-order valence-electron chi connectivity index (χ1n) is 6.50. The molecule has 0 radical (unpaired) electrons. The van der Waals surface area contributed by atoms with Crippen molar-refractivity contribution in [2.24, 2.45) is 0 Å². The first kappa shape index (κ1) is 15.5. The number of nitrogen functional groups attached to an aromatic ring is 1. The van der Waals surface area contributed by atoms with Crippen LogP contribution < -0.4 is 11.1 Å². The molecule has 2 aromatic carbocycles. The van der Waals surface area contributed by atoms with E-state index in [1.807, 2.05) is 31.2 Å². The van der Waals surface area contributed by atoms with Crippen LogP contribution in [0.25, 0.3) is 0 Å². The van der Waals surface area contributed by atoms with Crippen LogP contribution in [-0.4, -0.2) is 5.91 Å². The molecule has 0 unspecified atom stereocenters. The maximum atomic E-state index is 14.0. The third kappa shape index (κ3) is 3.61. The lowest BCUT2D eigenvalue weighted by molar-refractivity contribution is 0.0935. The van der Waals surface area contributed by atoms with Crippen molar-refractivity contribution in [3.05, 3.63) is 63.4 Å². The molecule has 0 aliphatic carbocycles. The van der Waals surface area contributed by atoms with Crippen molar-refractivity contribution < 1.29 is 9.18 Å². The summed E-state index contributed by atoms with van der Waals surface area (Å²) in [4.78, 5) is 12.2. The quantitative estimate of drug-likeness (QED) is 0.823. The maximum Gasteiger partial charge on any atom is 0.254 e. The van der Waals surface area contributed by atoms with Crippen molar-refractivity contribution in [2.45, 2.75) is 19.9 Å². The number of carbonyl (C=O) groups excluding carboxylic acids is 1. The fourth-order valence-corrected chi connectivity index (χ4v) is 2.34. The summed E-state index contributed by atoms with van der Waals surface area (Å²) in [6.07, 6.45) is 0. The molecule has 1 amide bonds. The van der Waals surface area contributed by atoms with E-state index < -0.39 is 11.7 Å². The Kier molecular flexibility index (Phi) is 4.63. The molecule has 2 rings (SSSR count). The molecule has 1 atom stereocenters. The molecule has 110 valence electrons. The van der Waals surface area contributed by atoms with Crippen LogP contribution in [-0.2, 0) is 0 Å². The molecule has 3 N–H and O–H groups in total. The predicted octanol–water partition coefficient (Wildman–Crippen LogP) is 3.97. The van der Waals surface area contributed by atoms with Crippen LogP contribution in [0.2, 0.25) is 0 Å². The van der Waals surface area contributed by atoms with E-state index in [4.69, 9.17) is 5.73 Å². The van der Waals surface area contributed by atoms with Gasteiger partial charge in [-0.2, -0.15) is 0 Å². The SMILES string of the molecule is Cc1cc(N)cc(C(=O)N[C@H](C)c2ccc(Br)cc2)c1F. The minimum atomic E-state index is -0.537. The molecule has 21 heavy (non-hydrogen) atoms. The lowest BCUT2D eigenvalue weighted by atomic mass is 10.1. The van der Waals surface area contributed by atoms with E-state index in [0.717, 1.165) is 10.0 Å². The van der Waals surface area contributed by atoms with Crippen LogP contribution in [0, 0.1) is 12.7 Å². The van der Waals surface area contributed by atoms with E-state index in [1.165, 1.54) is 12.1 Å². The summed E-state index contributed by atoms with van der Waals surface area (Å²) < 4.78 is 15.0. The second-order valence-electron chi connectivity index (χ2n) is 4.95. The monoisotopic (exact) mass is 350 g/mol. The van der Waals surface area contributed by atoms with Crippen molar-refractivity contribution in [3.63, 3.8) is 0 Å². The first-order chi connectivity index (χ1) is 9.88. The number of nitrogens with two attached hydrogens (primary N) is 1. The average Bonchev–Trinajstić information content (AvgIpc) is 2.43. The van der Waals surface area contributed by atoms with Crippen LogP contribution in [0.3, 0.4) is 0 Å². The number of nitrogens with one attached hydrogen (secondary N) is 1. The Morgan fingerprint density at radius 1 is 1.29 bits per heavy atom. The van der Waals surface area contributed by atoms with Gasteiger partial charge in [0.05, 0.1) is 11.6 Å². The van der Waals surface area contributed by atoms with Gasteiger partial charge in [0.2, 0.25) is 0 Å². The zero-order chi connectivity index (χ0) is 15.6. The van der Waals surface area contributed by atoms with Crippen LogP contribution in [0.15, 0.2) is 40.9 Å². The minimum Gasteiger partial charge on any atom is -0.399 e. The van der Waals surface area contributed by atoms with Gasteiger partial charge in [-0.05, 0) is 49.2 Å². The van der Waals surface area contributed by atoms with Crippen LogP contribution >= 0.6 is 15.9 Å². The van der Waals surface area contributed by atoms with E-state index in [1.54, 1.807) is 6.92 Å². The normalized spacial score (nSPS) is 12.0. The molecule has 0 aliphatic rings. The average molecular weight is 351 g/mol. The molecule has 0 heterocycles.